The number of nitrogen functional groups attached to an aromatic ring is 1. The fourth-order valence-corrected chi connectivity index (χ4v) is 3.37. The number of nitrogens with one attached hydrogen (secondary N) is 1. The molecule has 3 rings (SSSR count). The zero-order valence-electron chi connectivity index (χ0n) is 8.85. The SMILES string of the molecule is Nc1nnc(NC(=O)C2C3CCCCC32)s1. The van der Waals surface area contributed by atoms with Gasteiger partial charge in [-0.15, -0.1) is 10.2 Å². The molecule has 1 aromatic rings. The summed E-state index contributed by atoms with van der Waals surface area (Å²) in [6.07, 6.45) is 4.97. The van der Waals surface area contributed by atoms with Crippen LogP contribution in [-0.2, 0) is 4.79 Å². The van der Waals surface area contributed by atoms with Gasteiger partial charge in [0.2, 0.25) is 16.2 Å². The lowest BCUT2D eigenvalue weighted by Gasteiger charge is -2.04. The van der Waals surface area contributed by atoms with E-state index in [4.69, 9.17) is 5.73 Å². The van der Waals surface area contributed by atoms with Gasteiger partial charge in [-0.2, -0.15) is 0 Å². The Morgan fingerprint density at radius 1 is 1.31 bits per heavy atom. The lowest BCUT2D eigenvalue weighted by Crippen LogP contribution is -2.15. The number of hydrogen-bond donors (Lipinski definition) is 2. The van der Waals surface area contributed by atoms with Crippen LogP contribution in [0.3, 0.4) is 0 Å². The number of carbonyl (C=O) groups excluding carboxylic acids is 1. The molecule has 86 valence electrons. The molecule has 1 amide bonds. The van der Waals surface area contributed by atoms with E-state index in [1.54, 1.807) is 0 Å². The van der Waals surface area contributed by atoms with E-state index in [-0.39, 0.29) is 11.8 Å². The van der Waals surface area contributed by atoms with E-state index in [2.05, 4.69) is 15.5 Å². The molecule has 2 atom stereocenters. The lowest BCUT2D eigenvalue weighted by molar-refractivity contribution is -0.117. The van der Waals surface area contributed by atoms with Crippen LogP contribution in [0.25, 0.3) is 0 Å². The summed E-state index contributed by atoms with van der Waals surface area (Å²) in [6, 6.07) is 0. The molecule has 1 aromatic heterocycles. The molecule has 0 aromatic carbocycles. The number of amides is 1. The van der Waals surface area contributed by atoms with E-state index in [1.807, 2.05) is 0 Å². The van der Waals surface area contributed by atoms with Crippen molar-refractivity contribution in [2.45, 2.75) is 25.7 Å². The molecule has 16 heavy (non-hydrogen) atoms. The van der Waals surface area contributed by atoms with Crippen molar-refractivity contribution in [3.05, 3.63) is 0 Å². The van der Waals surface area contributed by atoms with Crippen molar-refractivity contribution < 1.29 is 4.79 Å². The highest BCUT2D eigenvalue weighted by Crippen LogP contribution is 2.55. The fourth-order valence-electron chi connectivity index (χ4n) is 2.86. The maximum absolute atomic E-state index is 11.9. The first-order chi connectivity index (χ1) is 7.75. The Morgan fingerprint density at radius 3 is 2.56 bits per heavy atom. The summed E-state index contributed by atoms with van der Waals surface area (Å²) < 4.78 is 0. The molecule has 2 aliphatic rings. The van der Waals surface area contributed by atoms with Gasteiger partial charge in [0.15, 0.2) is 0 Å². The van der Waals surface area contributed by atoms with E-state index in [0.717, 1.165) is 0 Å². The van der Waals surface area contributed by atoms with Gasteiger partial charge in [0.25, 0.3) is 0 Å². The van der Waals surface area contributed by atoms with Crippen LogP contribution in [0.15, 0.2) is 0 Å². The molecule has 2 unspecified atom stereocenters. The van der Waals surface area contributed by atoms with Gasteiger partial charge >= 0.3 is 0 Å². The summed E-state index contributed by atoms with van der Waals surface area (Å²) in [6.45, 7) is 0. The first kappa shape index (κ1) is 10.0. The van der Waals surface area contributed by atoms with Gasteiger partial charge < -0.3 is 11.1 Å². The van der Waals surface area contributed by atoms with Crippen LogP contribution in [0.5, 0.6) is 0 Å². The quantitative estimate of drug-likeness (QED) is 0.818. The molecule has 2 fully saturated rings. The van der Waals surface area contributed by atoms with Crippen LogP contribution in [0.1, 0.15) is 25.7 Å². The van der Waals surface area contributed by atoms with E-state index in [1.165, 1.54) is 37.0 Å². The second kappa shape index (κ2) is 3.69. The highest BCUT2D eigenvalue weighted by molar-refractivity contribution is 7.18. The number of nitrogens with two attached hydrogens (primary N) is 1. The third kappa shape index (κ3) is 1.67. The number of aromatic nitrogens is 2. The van der Waals surface area contributed by atoms with E-state index in [9.17, 15) is 4.79 Å². The molecule has 2 saturated carbocycles. The number of fused-ring (bicyclic) bond motifs is 1. The molecule has 0 spiro atoms. The van der Waals surface area contributed by atoms with E-state index in [0.29, 0.717) is 22.1 Å². The number of nitrogens with zero attached hydrogens (tertiary/aromatic N) is 2. The minimum atomic E-state index is 0.105. The summed E-state index contributed by atoms with van der Waals surface area (Å²) in [7, 11) is 0. The summed E-state index contributed by atoms with van der Waals surface area (Å²) in [5, 5.41) is 11.2. The second-order valence-corrected chi connectivity index (χ2v) is 5.58. The third-order valence-corrected chi connectivity index (χ3v) is 4.30. The zero-order chi connectivity index (χ0) is 11.1. The number of anilines is 2. The number of carbonyl (C=O) groups is 1. The maximum Gasteiger partial charge on any atom is 0.229 e. The Morgan fingerprint density at radius 2 is 2.00 bits per heavy atom. The summed E-state index contributed by atoms with van der Waals surface area (Å²) in [5.41, 5.74) is 5.46. The predicted molar refractivity (Wildman–Crippen MR) is 61.9 cm³/mol. The van der Waals surface area contributed by atoms with Gasteiger partial charge in [-0.3, -0.25) is 4.79 Å². The second-order valence-electron chi connectivity index (χ2n) is 4.57. The Labute approximate surface area is 97.4 Å². The number of hydrogen-bond acceptors (Lipinski definition) is 5. The third-order valence-electron chi connectivity index (χ3n) is 3.63. The van der Waals surface area contributed by atoms with E-state index >= 15 is 0 Å². The van der Waals surface area contributed by atoms with Crippen molar-refractivity contribution >= 4 is 27.5 Å². The molecule has 0 saturated heterocycles. The normalized spacial score (nSPS) is 31.9. The molecular weight excluding hydrogens is 224 g/mol. The standard InChI is InChI=1S/C10H14N4OS/c11-9-13-14-10(16-9)12-8(15)7-5-3-1-2-4-6(5)7/h5-7H,1-4H2,(H2,11,13)(H,12,14,15). The van der Waals surface area contributed by atoms with Gasteiger partial charge in [0.1, 0.15) is 0 Å². The molecule has 0 bridgehead atoms. The van der Waals surface area contributed by atoms with Crippen molar-refractivity contribution in [2.24, 2.45) is 17.8 Å². The maximum atomic E-state index is 11.9. The number of rotatable bonds is 2. The van der Waals surface area contributed by atoms with Crippen molar-refractivity contribution in [2.75, 3.05) is 11.1 Å². The van der Waals surface area contributed by atoms with Crippen LogP contribution in [0.2, 0.25) is 0 Å². The van der Waals surface area contributed by atoms with Crippen LogP contribution < -0.4 is 11.1 Å². The lowest BCUT2D eigenvalue weighted by atomic mass is 10.0. The van der Waals surface area contributed by atoms with Crippen molar-refractivity contribution in [1.29, 1.82) is 0 Å². The Hall–Kier alpha value is -1.17. The summed E-state index contributed by atoms with van der Waals surface area (Å²) in [4.78, 5) is 11.9. The monoisotopic (exact) mass is 238 g/mol. The van der Waals surface area contributed by atoms with Crippen molar-refractivity contribution in [3.63, 3.8) is 0 Å². The molecule has 0 radical (unpaired) electrons. The van der Waals surface area contributed by atoms with Crippen LogP contribution in [0, 0.1) is 17.8 Å². The molecule has 2 aliphatic carbocycles. The summed E-state index contributed by atoms with van der Waals surface area (Å²) in [5.74, 6) is 1.57. The predicted octanol–water partition coefficient (Wildman–Crippen LogP) is 1.49. The van der Waals surface area contributed by atoms with Crippen molar-refractivity contribution in [3.8, 4) is 0 Å². The first-order valence-corrected chi connectivity index (χ1v) is 6.47. The van der Waals surface area contributed by atoms with Gasteiger partial charge in [-0.05, 0) is 24.7 Å². The van der Waals surface area contributed by atoms with Gasteiger partial charge in [0.05, 0.1) is 0 Å². The van der Waals surface area contributed by atoms with Crippen molar-refractivity contribution in [1.82, 2.24) is 10.2 Å². The Balaban J connectivity index is 1.62. The molecule has 3 N–H and O–H groups in total. The van der Waals surface area contributed by atoms with Crippen LogP contribution >= 0.6 is 11.3 Å². The zero-order valence-corrected chi connectivity index (χ0v) is 9.67. The molecular formula is C10H14N4OS. The molecule has 5 nitrogen and oxygen atoms in total. The van der Waals surface area contributed by atoms with E-state index < -0.39 is 0 Å². The van der Waals surface area contributed by atoms with Crippen LogP contribution in [0.4, 0.5) is 10.3 Å². The average molecular weight is 238 g/mol. The molecule has 1 heterocycles. The minimum absolute atomic E-state index is 0.105. The minimum Gasteiger partial charge on any atom is -0.374 e. The smallest absolute Gasteiger partial charge is 0.229 e. The largest absolute Gasteiger partial charge is 0.374 e. The highest BCUT2D eigenvalue weighted by atomic mass is 32.1. The average Bonchev–Trinajstić information content (AvgIpc) is 2.88. The van der Waals surface area contributed by atoms with Crippen LogP contribution in [-0.4, -0.2) is 16.1 Å². The van der Waals surface area contributed by atoms with Gasteiger partial charge in [-0.1, -0.05) is 24.2 Å². The van der Waals surface area contributed by atoms with Gasteiger partial charge in [0, 0.05) is 5.92 Å². The summed E-state index contributed by atoms with van der Waals surface area (Å²) >= 11 is 1.22. The highest BCUT2D eigenvalue weighted by Gasteiger charge is 2.54. The molecule has 6 heteroatoms. The first-order valence-electron chi connectivity index (χ1n) is 5.65. The topological polar surface area (TPSA) is 80.9 Å². The Kier molecular flexibility index (Phi) is 2.31. The van der Waals surface area contributed by atoms with Gasteiger partial charge in [-0.25, -0.2) is 0 Å². The molecule has 0 aliphatic heterocycles. The fraction of sp³-hybridized carbons (Fsp3) is 0.700. The Bertz CT molecular complexity index is 407.